The van der Waals surface area contributed by atoms with E-state index in [1.807, 2.05) is 55.7 Å². The molecular formula is C30H33N5O3S. The van der Waals surface area contributed by atoms with Gasteiger partial charge in [-0.3, -0.25) is 14.2 Å². The van der Waals surface area contributed by atoms with Crippen LogP contribution in [0.15, 0.2) is 65.8 Å². The first-order valence-corrected chi connectivity index (χ1v) is 13.7. The Bertz CT molecular complexity index is 1480. The number of hydrogen-bond donors (Lipinski definition) is 2. The standard InChI is InChI=1S/C30H33N5O3S/c1-6-22-9-7-8-20(3)28(22)35-26(17-31-29(37)23-11-13-24(38-5)14-12-23)33-34-30(35)39-18-27(36)32-25-15-10-19(2)16-21(25)4/h7-16H,6,17-18H2,1-5H3,(H,31,37)(H,32,36). The van der Waals surface area contributed by atoms with Crippen molar-refractivity contribution in [3.05, 3.63) is 94.3 Å². The minimum atomic E-state index is -0.227. The zero-order valence-corrected chi connectivity index (χ0v) is 23.7. The number of aromatic nitrogens is 3. The molecular weight excluding hydrogens is 510 g/mol. The first kappa shape index (κ1) is 27.9. The Morgan fingerprint density at radius 1 is 0.974 bits per heavy atom. The number of methoxy groups -OCH3 is 1. The Morgan fingerprint density at radius 3 is 2.44 bits per heavy atom. The number of amides is 2. The third-order valence-electron chi connectivity index (χ3n) is 6.37. The molecule has 0 spiro atoms. The van der Waals surface area contributed by atoms with Crippen LogP contribution in [0.25, 0.3) is 5.69 Å². The lowest BCUT2D eigenvalue weighted by molar-refractivity contribution is -0.113. The highest BCUT2D eigenvalue weighted by Crippen LogP contribution is 2.28. The van der Waals surface area contributed by atoms with E-state index >= 15 is 0 Å². The van der Waals surface area contributed by atoms with Crippen molar-refractivity contribution in [3.8, 4) is 11.4 Å². The lowest BCUT2D eigenvalue weighted by Crippen LogP contribution is -2.25. The molecule has 0 aliphatic heterocycles. The number of nitrogens with one attached hydrogen (secondary N) is 2. The van der Waals surface area contributed by atoms with Crippen molar-refractivity contribution in [3.63, 3.8) is 0 Å². The van der Waals surface area contributed by atoms with Gasteiger partial charge in [-0.05, 0) is 74.2 Å². The smallest absolute Gasteiger partial charge is 0.251 e. The van der Waals surface area contributed by atoms with Crippen LogP contribution in [-0.4, -0.2) is 39.4 Å². The van der Waals surface area contributed by atoms with Crippen LogP contribution >= 0.6 is 11.8 Å². The van der Waals surface area contributed by atoms with Gasteiger partial charge in [-0.2, -0.15) is 0 Å². The Labute approximate surface area is 233 Å². The molecule has 4 aromatic rings. The number of carbonyl (C=O) groups excluding carboxylic acids is 2. The molecule has 0 radical (unpaired) electrons. The van der Waals surface area contributed by atoms with Gasteiger partial charge in [-0.25, -0.2) is 0 Å². The van der Waals surface area contributed by atoms with Gasteiger partial charge in [0.25, 0.3) is 5.91 Å². The quantitative estimate of drug-likeness (QED) is 0.259. The van der Waals surface area contributed by atoms with Crippen molar-refractivity contribution < 1.29 is 14.3 Å². The molecule has 3 aromatic carbocycles. The number of hydrogen-bond acceptors (Lipinski definition) is 6. The molecule has 1 aromatic heterocycles. The maximum Gasteiger partial charge on any atom is 0.251 e. The summed E-state index contributed by atoms with van der Waals surface area (Å²) >= 11 is 1.31. The second kappa shape index (κ2) is 12.6. The molecule has 1 heterocycles. The van der Waals surface area contributed by atoms with E-state index in [0.717, 1.165) is 40.0 Å². The number of anilines is 1. The number of ether oxygens (including phenoxy) is 1. The van der Waals surface area contributed by atoms with Crippen LogP contribution < -0.4 is 15.4 Å². The molecule has 0 aliphatic carbocycles. The van der Waals surface area contributed by atoms with Crippen molar-refractivity contribution in [1.29, 1.82) is 0 Å². The van der Waals surface area contributed by atoms with Gasteiger partial charge in [-0.1, -0.05) is 54.6 Å². The Morgan fingerprint density at radius 2 is 1.74 bits per heavy atom. The Hall–Kier alpha value is -4.11. The van der Waals surface area contributed by atoms with Gasteiger partial charge in [0, 0.05) is 11.3 Å². The van der Waals surface area contributed by atoms with E-state index in [1.54, 1.807) is 31.4 Å². The average Bonchev–Trinajstić information content (AvgIpc) is 3.34. The fourth-order valence-corrected chi connectivity index (χ4v) is 5.09. The highest BCUT2D eigenvalue weighted by atomic mass is 32.2. The van der Waals surface area contributed by atoms with Crippen LogP contribution in [0.1, 0.15) is 45.4 Å². The third-order valence-corrected chi connectivity index (χ3v) is 7.30. The Kier molecular flexibility index (Phi) is 9.03. The number of rotatable bonds is 10. The van der Waals surface area contributed by atoms with Crippen molar-refractivity contribution >= 4 is 29.3 Å². The number of aryl methyl sites for hydroxylation is 4. The molecule has 0 atom stereocenters. The number of benzene rings is 3. The van der Waals surface area contributed by atoms with E-state index < -0.39 is 0 Å². The summed E-state index contributed by atoms with van der Waals surface area (Å²) in [5.41, 5.74) is 6.61. The van der Waals surface area contributed by atoms with Gasteiger partial charge in [0.05, 0.1) is 25.1 Å². The lowest BCUT2D eigenvalue weighted by Gasteiger charge is -2.17. The van der Waals surface area contributed by atoms with E-state index in [1.165, 1.54) is 11.8 Å². The van der Waals surface area contributed by atoms with Gasteiger partial charge in [0.2, 0.25) is 5.91 Å². The molecule has 0 aliphatic rings. The molecule has 0 unspecified atom stereocenters. The van der Waals surface area contributed by atoms with Gasteiger partial charge >= 0.3 is 0 Å². The molecule has 0 saturated carbocycles. The minimum absolute atomic E-state index is 0.128. The summed E-state index contributed by atoms with van der Waals surface area (Å²) in [5, 5.41) is 15.4. The summed E-state index contributed by atoms with van der Waals surface area (Å²) in [6.45, 7) is 8.30. The Balaban J connectivity index is 1.57. The molecule has 0 fully saturated rings. The average molecular weight is 544 g/mol. The van der Waals surface area contributed by atoms with Gasteiger partial charge in [-0.15, -0.1) is 10.2 Å². The molecule has 0 saturated heterocycles. The van der Waals surface area contributed by atoms with Crippen molar-refractivity contribution in [2.24, 2.45) is 0 Å². The summed E-state index contributed by atoms with van der Waals surface area (Å²) in [4.78, 5) is 25.7. The van der Waals surface area contributed by atoms with E-state index in [9.17, 15) is 9.59 Å². The van der Waals surface area contributed by atoms with Gasteiger partial charge < -0.3 is 15.4 Å². The van der Waals surface area contributed by atoms with E-state index in [-0.39, 0.29) is 24.1 Å². The zero-order chi connectivity index (χ0) is 27.9. The number of nitrogens with zero attached hydrogens (tertiary/aromatic N) is 3. The molecule has 2 N–H and O–H groups in total. The fourth-order valence-electron chi connectivity index (χ4n) is 4.33. The molecule has 202 valence electrons. The van der Waals surface area contributed by atoms with Crippen LogP contribution in [0.3, 0.4) is 0 Å². The van der Waals surface area contributed by atoms with Gasteiger partial charge in [0.15, 0.2) is 11.0 Å². The molecule has 9 heteroatoms. The van der Waals surface area contributed by atoms with Crippen LogP contribution in [0, 0.1) is 20.8 Å². The normalized spacial score (nSPS) is 10.8. The highest BCUT2D eigenvalue weighted by Gasteiger charge is 2.20. The number of para-hydroxylation sites is 1. The van der Waals surface area contributed by atoms with E-state index in [0.29, 0.717) is 22.3 Å². The summed E-state index contributed by atoms with van der Waals surface area (Å²) < 4.78 is 7.13. The van der Waals surface area contributed by atoms with Crippen LogP contribution in [-0.2, 0) is 17.8 Å². The van der Waals surface area contributed by atoms with Crippen LogP contribution in [0.5, 0.6) is 5.75 Å². The highest BCUT2D eigenvalue weighted by molar-refractivity contribution is 7.99. The predicted molar refractivity (Wildman–Crippen MR) is 155 cm³/mol. The number of thioether (sulfide) groups is 1. The lowest BCUT2D eigenvalue weighted by atomic mass is 10.1. The number of carbonyl (C=O) groups is 2. The SMILES string of the molecule is CCc1cccc(C)c1-n1c(CNC(=O)c2ccc(OC)cc2)nnc1SCC(=O)Nc1ccc(C)cc1C. The maximum absolute atomic E-state index is 12.8. The molecule has 0 bridgehead atoms. The molecule has 4 rings (SSSR count). The largest absolute Gasteiger partial charge is 0.497 e. The zero-order valence-electron chi connectivity index (χ0n) is 22.9. The summed E-state index contributed by atoms with van der Waals surface area (Å²) in [7, 11) is 1.58. The maximum atomic E-state index is 12.8. The first-order valence-electron chi connectivity index (χ1n) is 12.8. The van der Waals surface area contributed by atoms with E-state index in [4.69, 9.17) is 4.74 Å². The molecule has 39 heavy (non-hydrogen) atoms. The molecule has 2 amide bonds. The summed E-state index contributed by atoms with van der Waals surface area (Å²) in [5.74, 6) is 1.07. The summed E-state index contributed by atoms with van der Waals surface area (Å²) in [6, 6.07) is 19.0. The minimum Gasteiger partial charge on any atom is -0.497 e. The fraction of sp³-hybridized carbons (Fsp3) is 0.267. The van der Waals surface area contributed by atoms with Crippen molar-refractivity contribution in [2.75, 3.05) is 18.2 Å². The van der Waals surface area contributed by atoms with E-state index in [2.05, 4.69) is 33.8 Å². The first-order chi connectivity index (χ1) is 18.8. The van der Waals surface area contributed by atoms with Gasteiger partial charge in [0.1, 0.15) is 5.75 Å². The van der Waals surface area contributed by atoms with Crippen molar-refractivity contribution in [1.82, 2.24) is 20.1 Å². The van der Waals surface area contributed by atoms with Crippen LogP contribution in [0.2, 0.25) is 0 Å². The predicted octanol–water partition coefficient (Wildman–Crippen LogP) is 5.42. The van der Waals surface area contributed by atoms with Crippen LogP contribution in [0.4, 0.5) is 5.69 Å². The molecule has 8 nitrogen and oxygen atoms in total. The topological polar surface area (TPSA) is 98.1 Å². The van der Waals surface area contributed by atoms with Crippen molar-refractivity contribution in [2.45, 2.75) is 45.8 Å². The third kappa shape index (κ3) is 6.67. The second-order valence-corrected chi connectivity index (χ2v) is 10.2. The monoisotopic (exact) mass is 543 g/mol. The second-order valence-electron chi connectivity index (χ2n) is 9.24. The summed E-state index contributed by atoms with van der Waals surface area (Å²) in [6.07, 6.45) is 0.810.